The number of hydrogen-bond donors (Lipinski definition) is 1. The molecule has 1 aliphatic rings. The van der Waals surface area contributed by atoms with Gasteiger partial charge in [-0.25, -0.2) is 9.59 Å². The molecule has 10 heteroatoms. The molecule has 1 aromatic heterocycles. The Kier molecular flexibility index (Phi) is 7.02. The third kappa shape index (κ3) is 5.67. The molecule has 0 radical (unpaired) electrons. The monoisotopic (exact) mass is 476 g/mol. The van der Waals surface area contributed by atoms with E-state index in [1.54, 1.807) is 12.1 Å². The number of ether oxygens (including phenoxy) is 3. The summed E-state index contributed by atoms with van der Waals surface area (Å²) in [4.78, 5) is 37.7. The minimum Gasteiger partial charge on any atom is -0.490 e. The molecular weight excluding hydrogens is 452 g/mol. The fraction of sp³-hybridized carbons (Fsp3) is 0.348. The van der Waals surface area contributed by atoms with Gasteiger partial charge in [-0.15, -0.1) is 0 Å². The number of nitrogens with one attached hydrogen (secondary N) is 1. The summed E-state index contributed by atoms with van der Waals surface area (Å²) >= 11 is 6.44. The summed E-state index contributed by atoms with van der Waals surface area (Å²) in [6, 6.07) is 5.59. The summed E-state index contributed by atoms with van der Waals surface area (Å²) in [6.45, 7) is 7.74. The maximum atomic E-state index is 12.8. The minimum absolute atomic E-state index is 0.0222. The van der Waals surface area contributed by atoms with E-state index in [0.717, 1.165) is 4.90 Å². The first-order valence-corrected chi connectivity index (χ1v) is 10.6. The Bertz CT molecular complexity index is 1110. The van der Waals surface area contributed by atoms with Crippen LogP contribution in [0.1, 0.15) is 49.6 Å². The number of carbonyl (C=O) groups is 3. The van der Waals surface area contributed by atoms with E-state index in [9.17, 15) is 14.4 Å². The topological polar surface area (TPSA) is 107 Å². The summed E-state index contributed by atoms with van der Waals surface area (Å²) in [5.74, 6) is -0.154. The Morgan fingerprint density at radius 3 is 2.61 bits per heavy atom. The summed E-state index contributed by atoms with van der Waals surface area (Å²) in [5.41, 5.74) is 0.106. The molecule has 1 fully saturated rings. The third-order valence-corrected chi connectivity index (χ3v) is 4.66. The molecule has 9 nitrogen and oxygen atoms in total. The molecule has 3 rings (SSSR count). The molecule has 2 aromatic rings. The average Bonchev–Trinajstić information content (AvgIpc) is 3.30. The average molecular weight is 477 g/mol. The van der Waals surface area contributed by atoms with Crippen LogP contribution in [0.15, 0.2) is 34.4 Å². The normalized spacial score (nSPS) is 15.1. The Balaban J connectivity index is 1.85. The first-order valence-electron chi connectivity index (χ1n) is 10.2. The number of hydrogen-bond acceptors (Lipinski definition) is 7. The van der Waals surface area contributed by atoms with Crippen molar-refractivity contribution >= 4 is 35.6 Å². The lowest BCUT2D eigenvalue weighted by Gasteiger charge is -2.24. The molecule has 0 saturated carbocycles. The number of benzene rings is 1. The molecule has 3 amide bonds. The molecule has 33 heavy (non-hydrogen) atoms. The largest absolute Gasteiger partial charge is 0.490 e. The molecule has 1 N–H and O–H groups in total. The number of imide groups is 1. The molecule has 0 spiro atoms. The number of methoxy groups -OCH3 is 1. The van der Waals surface area contributed by atoms with Crippen LogP contribution in [0, 0.1) is 0 Å². The highest BCUT2D eigenvalue weighted by molar-refractivity contribution is 6.32. The second kappa shape index (κ2) is 9.58. The summed E-state index contributed by atoms with van der Waals surface area (Å²) in [7, 11) is 1.23. The van der Waals surface area contributed by atoms with Gasteiger partial charge in [0.25, 0.3) is 5.91 Å². The molecule has 1 aromatic carbocycles. The van der Waals surface area contributed by atoms with Gasteiger partial charge in [0.15, 0.2) is 11.5 Å². The molecule has 2 heterocycles. The Labute approximate surface area is 196 Å². The molecule has 1 aliphatic heterocycles. The van der Waals surface area contributed by atoms with Gasteiger partial charge >= 0.3 is 12.0 Å². The highest BCUT2D eigenvalue weighted by Crippen LogP contribution is 2.39. The second-order valence-electron chi connectivity index (χ2n) is 8.11. The Morgan fingerprint density at radius 2 is 1.97 bits per heavy atom. The number of urea groups is 1. The molecular formula is C23H25ClN2O7. The fourth-order valence-corrected chi connectivity index (χ4v) is 3.31. The van der Waals surface area contributed by atoms with Gasteiger partial charge in [0, 0.05) is 0 Å². The van der Waals surface area contributed by atoms with Crippen LogP contribution in [0.25, 0.3) is 6.08 Å². The Morgan fingerprint density at radius 1 is 1.24 bits per heavy atom. The lowest BCUT2D eigenvalue weighted by Crippen LogP contribution is -2.30. The van der Waals surface area contributed by atoms with E-state index in [0.29, 0.717) is 28.7 Å². The highest BCUT2D eigenvalue weighted by atomic mass is 35.5. The number of halogens is 1. The van der Waals surface area contributed by atoms with Gasteiger partial charge in [-0.1, -0.05) is 11.6 Å². The molecule has 1 saturated heterocycles. The van der Waals surface area contributed by atoms with E-state index in [4.69, 9.17) is 25.5 Å². The summed E-state index contributed by atoms with van der Waals surface area (Å²) in [6.07, 6.45) is 1.50. The van der Waals surface area contributed by atoms with Gasteiger partial charge < -0.3 is 23.9 Å². The number of esters is 1. The van der Waals surface area contributed by atoms with Crippen LogP contribution in [0.5, 0.6) is 11.5 Å². The SMILES string of the molecule is CCOc1cc(/C=C2\NC(=O)N(Cc3ccc(C(=O)OC)o3)C2=O)cc(Cl)c1OC(C)(C)C. The van der Waals surface area contributed by atoms with E-state index in [-0.39, 0.29) is 23.8 Å². The quantitative estimate of drug-likeness (QED) is 0.358. The van der Waals surface area contributed by atoms with Crippen LogP contribution in [-0.2, 0) is 16.1 Å². The molecule has 176 valence electrons. The van der Waals surface area contributed by atoms with Crippen LogP contribution >= 0.6 is 11.6 Å². The van der Waals surface area contributed by atoms with Crippen molar-refractivity contribution < 1.29 is 33.0 Å². The lowest BCUT2D eigenvalue weighted by molar-refractivity contribution is -0.123. The zero-order valence-corrected chi connectivity index (χ0v) is 19.7. The summed E-state index contributed by atoms with van der Waals surface area (Å²) in [5, 5.41) is 2.84. The summed E-state index contributed by atoms with van der Waals surface area (Å²) < 4.78 is 21.5. The smallest absolute Gasteiger partial charge is 0.373 e. The van der Waals surface area contributed by atoms with Crippen molar-refractivity contribution in [2.75, 3.05) is 13.7 Å². The van der Waals surface area contributed by atoms with Gasteiger partial charge in [0.05, 0.1) is 25.3 Å². The maximum Gasteiger partial charge on any atom is 0.373 e. The second-order valence-corrected chi connectivity index (χ2v) is 8.52. The number of rotatable bonds is 7. The predicted octanol–water partition coefficient (Wildman–Crippen LogP) is 4.39. The van der Waals surface area contributed by atoms with E-state index in [1.807, 2.05) is 27.7 Å². The minimum atomic E-state index is -0.653. The lowest BCUT2D eigenvalue weighted by atomic mass is 10.1. The fourth-order valence-electron chi connectivity index (χ4n) is 3.05. The van der Waals surface area contributed by atoms with E-state index >= 15 is 0 Å². The van der Waals surface area contributed by atoms with Gasteiger partial charge in [0.2, 0.25) is 5.76 Å². The van der Waals surface area contributed by atoms with Crippen molar-refractivity contribution in [2.45, 2.75) is 39.8 Å². The van der Waals surface area contributed by atoms with Gasteiger partial charge in [-0.05, 0) is 63.6 Å². The van der Waals surface area contributed by atoms with Crippen molar-refractivity contribution in [3.8, 4) is 11.5 Å². The maximum absolute atomic E-state index is 12.8. The van der Waals surface area contributed by atoms with Crippen LogP contribution < -0.4 is 14.8 Å². The van der Waals surface area contributed by atoms with Crippen molar-refractivity contribution in [3.63, 3.8) is 0 Å². The number of carbonyl (C=O) groups excluding carboxylic acids is 3. The van der Waals surface area contributed by atoms with Gasteiger partial charge in [0.1, 0.15) is 17.1 Å². The predicted molar refractivity (Wildman–Crippen MR) is 120 cm³/mol. The number of nitrogens with zero attached hydrogens (tertiary/aromatic N) is 1. The van der Waals surface area contributed by atoms with E-state index < -0.39 is 23.5 Å². The van der Waals surface area contributed by atoms with E-state index in [2.05, 4.69) is 10.1 Å². The van der Waals surface area contributed by atoms with Crippen LogP contribution in [0.2, 0.25) is 5.02 Å². The highest BCUT2D eigenvalue weighted by Gasteiger charge is 2.34. The van der Waals surface area contributed by atoms with Crippen molar-refractivity contribution in [2.24, 2.45) is 0 Å². The van der Waals surface area contributed by atoms with Crippen LogP contribution in [-0.4, -0.2) is 42.1 Å². The molecule has 0 atom stereocenters. The zero-order chi connectivity index (χ0) is 24.3. The standard InChI is InChI=1S/C23H25ClN2O7/c1-6-31-18-11-13(9-15(24)19(18)33-23(2,3)4)10-16-20(27)26(22(29)25-16)12-14-7-8-17(32-14)21(28)30-5/h7-11H,6,12H2,1-5H3,(H,25,29)/b16-10-. The third-order valence-electron chi connectivity index (χ3n) is 4.38. The van der Waals surface area contributed by atoms with Gasteiger partial charge in [-0.3, -0.25) is 9.69 Å². The van der Waals surface area contributed by atoms with Crippen LogP contribution in [0.4, 0.5) is 4.79 Å². The molecule has 0 aliphatic carbocycles. The first kappa shape index (κ1) is 24.2. The van der Waals surface area contributed by atoms with Crippen molar-refractivity contribution in [1.29, 1.82) is 0 Å². The Hall–Kier alpha value is -3.46. The molecule has 0 bridgehead atoms. The van der Waals surface area contributed by atoms with Crippen molar-refractivity contribution in [1.82, 2.24) is 10.2 Å². The van der Waals surface area contributed by atoms with E-state index in [1.165, 1.54) is 25.3 Å². The molecule has 0 unspecified atom stereocenters. The van der Waals surface area contributed by atoms with Gasteiger partial charge in [-0.2, -0.15) is 0 Å². The van der Waals surface area contributed by atoms with Crippen molar-refractivity contribution in [3.05, 3.63) is 52.1 Å². The first-order chi connectivity index (χ1) is 15.5. The zero-order valence-electron chi connectivity index (χ0n) is 19.0. The number of amides is 3. The van der Waals surface area contributed by atoms with Crippen LogP contribution in [0.3, 0.4) is 0 Å². The number of furan rings is 1.